The Bertz CT molecular complexity index is 939. The summed E-state index contributed by atoms with van der Waals surface area (Å²) in [6, 6.07) is 11.7. The van der Waals surface area contributed by atoms with Crippen LogP contribution in [0.2, 0.25) is 10.0 Å². The normalized spacial score (nSPS) is 10.4. The second-order valence-electron chi connectivity index (χ2n) is 7.30. The Morgan fingerprint density at radius 2 is 1.73 bits per heavy atom. The molecule has 2 aromatic rings. The van der Waals surface area contributed by atoms with E-state index in [9.17, 15) is 9.59 Å². The fourth-order valence-electron chi connectivity index (χ4n) is 2.83. The van der Waals surface area contributed by atoms with Crippen molar-refractivity contribution in [2.45, 2.75) is 45.4 Å². The molecule has 0 saturated carbocycles. The predicted octanol–water partition coefficient (Wildman–Crippen LogP) is 6.40. The Kier molecular flexibility index (Phi) is 12.0. The summed E-state index contributed by atoms with van der Waals surface area (Å²) in [5, 5.41) is 6.66. The van der Waals surface area contributed by atoms with Gasteiger partial charge in [-0.1, -0.05) is 49.4 Å². The number of carbonyl (C=O) groups is 2. The van der Waals surface area contributed by atoms with Crippen molar-refractivity contribution < 1.29 is 19.1 Å². The molecule has 0 atom stereocenters. The zero-order chi connectivity index (χ0) is 24.1. The maximum Gasteiger partial charge on any atom is 0.338 e. The van der Waals surface area contributed by atoms with Gasteiger partial charge >= 0.3 is 5.97 Å². The molecule has 2 N–H and O–H groups in total. The number of anilines is 1. The quantitative estimate of drug-likeness (QED) is 0.195. The van der Waals surface area contributed by atoms with Gasteiger partial charge in [0.1, 0.15) is 5.75 Å². The Morgan fingerprint density at radius 3 is 2.42 bits per heavy atom. The van der Waals surface area contributed by atoms with E-state index in [0.29, 0.717) is 46.7 Å². The van der Waals surface area contributed by atoms with Crippen molar-refractivity contribution in [3.63, 3.8) is 0 Å². The zero-order valence-corrected chi connectivity index (χ0v) is 20.8. The predicted molar refractivity (Wildman–Crippen MR) is 136 cm³/mol. The average Bonchev–Trinajstić information content (AvgIpc) is 2.78. The third-order valence-electron chi connectivity index (χ3n) is 4.56. The van der Waals surface area contributed by atoms with Gasteiger partial charge < -0.3 is 20.1 Å². The summed E-state index contributed by atoms with van der Waals surface area (Å²) in [6.07, 6.45) is 4.92. The van der Waals surface area contributed by atoms with Gasteiger partial charge in [-0.05, 0) is 67.5 Å². The highest BCUT2D eigenvalue weighted by Gasteiger charge is 2.09. The van der Waals surface area contributed by atoms with Crippen molar-refractivity contribution in [1.82, 2.24) is 5.32 Å². The molecule has 0 radical (unpaired) electrons. The number of nitrogens with one attached hydrogen (secondary N) is 2. The van der Waals surface area contributed by atoms with Crippen molar-refractivity contribution in [3.05, 3.63) is 58.1 Å². The van der Waals surface area contributed by atoms with E-state index in [1.165, 1.54) is 0 Å². The number of benzene rings is 2. The second kappa shape index (κ2) is 14.7. The Morgan fingerprint density at radius 1 is 0.970 bits per heavy atom. The molecule has 0 fully saturated rings. The fourth-order valence-corrected chi connectivity index (χ4v) is 3.52. The monoisotopic (exact) mass is 510 g/mol. The highest BCUT2D eigenvalue weighted by molar-refractivity contribution is 7.80. The molecule has 1 amide bonds. The van der Waals surface area contributed by atoms with E-state index in [4.69, 9.17) is 44.9 Å². The number of rotatable bonds is 12. The summed E-state index contributed by atoms with van der Waals surface area (Å²) in [7, 11) is 0. The molecule has 0 heterocycles. The zero-order valence-electron chi connectivity index (χ0n) is 18.5. The van der Waals surface area contributed by atoms with Crippen LogP contribution in [0.15, 0.2) is 42.5 Å². The number of unbranched alkanes of at least 4 members (excludes halogenated alkanes) is 3. The molecule has 0 bridgehead atoms. The standard InChI is InChI=1S/C24H28Cl2N2O4S/c1-2-3-4-5-14-32-23(30)17-8-11-19(12-9-17)27-24(33)28-22(29)7-6-15-31-21-13-10-18(25)16-20(21)26/h8-13,16H,2-7,14-15H2,1H3,(H2,27,28,29,33). The lowest BCUT2D eigenvalue weighted by Crippen LogP contribution is -2.34. The number of thiocarbonyl (C=S) groups is 1. The van der Waals surface area contributed by atoms with E-state index in [2.05, 4.69) is 17.6 Å². The van der Waals surface area contributed by atoms with Crippen molar-refractivity contribution in [1.29, 1.82) is 0 Å². The Labute approximate surface area is 209 Å². The van der Waals surface area contributed by atoms with Crippen LogP contribution >= 0.6 is 35.4 Å². The van der Waals surface area contributed by atoms with Gasteiger partial charge in [-0.2, -0.15) is 0 Å². The van der Waals surface area contributed by atoms with Gasteiger partial charge in [-0.3, -0.25) is 4.79 Å². The summed E-state index contributed by atoms with van der Waals surface area (Å²) >= 11 is 17.1. The van der Waals surface area contributed by atoms with E-state index in [-0.39, 0.29) is 23.4 Å². The van der Waals surface area contributed by atoms with Gasteiger partial charge in [0.15, 0.2) is 5.11 Å². The molecular formula is C24H28Cl2N2O4S. The summed E-state index contributed by atoms with van der Waals surface area (Å²) in [5.41, 5.74) is 1.12. The first-order chi connectivity index (χ1) is 15.9. The molecule has 0 aliphatic heterocycles. The minimum absolute atomic E-state index is 0.174. The average molecular weight is 511 g/mol. The second-order valence-corrected chi connectivity index (χ2v) is 8.55. The molecule has 0 spiro atoms. The first-order valence-electron chi connectivity index (χ1n) is 10.8. The largest absolute Gasteiger partial charge is 0.492 e. The number of hydrogen-bond donors (Lipinski definition) is 2. The van der Waals surface area contributed by atoms with E-state index in [0.717, 1.165) is 25.7 Å². The van der Waals surface area contributed by atoms with E-state index >= 15 is 0 Å². The van der Waals surface area contributed by atoms with Crippen molar-refractivity contribution in [2.24, 2.45) is 0 Å². The minimum atomic E-state index is -0.351. The molecule has 0 aliphatic rings. The highest BCUT2D eigenvalue weighted by Crippen LogP contribution is 2.27. The van der Waals surface area contributed by atoms with Crippen molar-refractivity contribution in [2.75, 3.05) is 18.5 Å². The maximum absolute atomic E-state index is 12.1. The topological polar surface area (TPSA) is 76.7 Å². The van der Waals surface area contributed by atoms with Crippen LogP contribution in [-0.2, 0) is 9.53 Å². The molecule has 6 nitrogen and oxygen atoms in total. The van der Waals surface area contributed by atoms with Crippen LogP contribution < -0.4 is 15.4 Å². The van der Waals surface area contributed by atoms with E-state index < -0.39 is 0 Å². The SMILES string of the molecule is CCCCCCOC(=O)c1ccc(NC(=S)NC(=O)CCCOc2ccc(Cl)cc2Cl)cc1. The van der Waals surface area contributed by atoms with Crippen LogP contribution in [0.1, 0.15) is 55.8 Å². The lowest BCUT2D eigenvalue weighted by Gasteiger charge is -2.11. The number of ether oxygens (including phenoxy) is 2. The van der Waals surface area contributed by atoms with Crippen molar-refractivity contribution in [3.8, 4) is 5.75 Å². The first kappa shape index (κ1) is 26.9. The van der Waals surface area contributed by atoms with Gasteiger partial charge in [0.05, 0.1) is 23.8 Å². The molecule has 2 rings (SSSR count). The van der Waals surface area contributed by atoms with Crippen LogP contribution in [0.3, 0.4) is 0 Å². The van der Waals surface area contributed by atoms with Crippen LogP contribution in [0.25, 0.3) is 0 Å². The molecule has 178 valence electrons. The number of hydrogen-bond acceptors (Lipinski definition) is 5. The molecule has 2 aromatic carbocycles. The summed E-state index contributed by atoms with van der Waals surface area (Å²) in [4.78, 5) is 24.1. The van der Waals surface area contributed by atoms with Gasteiger partial charge in [0, 0.05) is 17.1 Å². The lowest BCUT2D eigenvalue weighted by molar-refractivity contribution is -0.119. The Hall–Kier alpha value is -2.35. The molecule has 0 saturated heterocycles. The van der Waals surface area contributed by atoms with E-state index in [1.54, 1.807) is 42.5 Å². The van der Waals surface area contributed by atoms with Crippen molar-refractivity contribution >= 4 is 58.1 Å². The third-order valence-corrected chi connectivity index (χ3v) is 5.30. The summed E-state index contributed by atoms with van der Waals surface area (Å²) < 4.78 is 10.8. The first-order valence-corrected chi connectivity index (χ1v) is 12.0. The lowest BCUT2D eigenvalue weighted by atomic mass is 10.2. The van der Waals surface area contributed by atoms with Crippen LogP contribution in [0.4, 0.5) is 5.69 Å². The number of amides is 1. The third kappa shape index (κ3) is 10.4. The van der Waals surface area contributed by atoms with Crippen LogP contribution in [-0.4, -0.2) is 30.2 Å². The van der Waals surface area contributed by atoms with Crippen LogP contribution in [0, 0.1) is 0 Å². The smallest absolute Gasteiger partial charge is 0.338 e. The fraction of sp³-hybridized carbons (Fsp3) is 0.375. The minimum Gasteiger partial charge on any atom is -0.492 e. The van der Waals surface area contributed by atoms with Crippen LogP contribution in [0.5, 0.6) is 5.75 Å². The molecule has 0 unspecified atom stereocenters. The summed E-state index contributed by atoms with van der Waals surface area (Å²) in [5.74, 6) is -0.0694. The van der Waals surface area contributed by atoms with E-state index in [1.807, 2.05) is 0 Å². The highest BCUT2D eigenvalue weighted by atomic mass is 35.5. The number of esters is 1. The number of halogens is 2. The van der Waals surface area contributed by atoms with Gasteiger partial charge in [-0.15, -0.1) is 0 Å². The van der Waals surface area contributed by atoms with Gasteiger partial charge in [0.2, 0.25) is 5.91 Å². The molecule has 9 heteroatoms. The van der Waals surface area contributed by atoms with Gasteiger partial charge in [0.25, 0.3) is 0 Å². The molecule has 0 aliphatic carbocycles. The Balaban J connectivity index is 1.66. The summed E-state index contributed by atoms with van der Waals surface area (Å²) in [6.45, 7) is 2.88. The molecular weight excluding hydrogens is 483 g/mol. The molecule has 0 aromatic heterocycles. The van der Waals surface area contributed by atoms with Gasteiger partial charge in [-0.25, -0.2) is 4.79 Å². The number of carbonyl (C=O) groups excluding carboxylic acids is 2. The molecule has 33 heavy (non-hydrogen) atoms. The maximum atomic E-state index is 12.1.